The fourth-order valence-electron chi connectivity index (χ4n) is 2.91. The lowest BCUT2D eigenvalue weighted by Crippen LogP contribution is -2.52. The van der Waals surface area contributed by atoms with E-state index in [4.69, 9.17) is 4.42 Å². The molecule has 6 heteroatoms. The van der Waals surface area contributed by atoms with Crippen molar-refractivity contribution in [1.82, 2.24) is 15.5 Å². The van der Waals surface area contributed by atoms with Gasteiger partial charge in [-0.2, -0.15) is 0 Å². The maximum absolute atomic E-state index is 12.2. The Morgan fingerprint density at radius 1 is 1.33 bits per heavy atom. The van der Waals surface area contributed by atoms with E-state index in [0.29, 0.717) is 11.3 Å². The van der Waals surface area contributed by atoms with Crippen molar-refractivity contribution in [2.75, 3.05) is 27.2 Å². The quantitative estimate of drug-likeness (QED) is 0.713. The van der Waals surface area contributed by atoms with Gasteiger partial charge in [0.05, 0.1) is 6.54 Å². The molecule has 2 amide bonds. The highest BCUT2D eigenvalue weighted by atomic mass is 16.3. The molecule has 0 saturated carbocycles. The van der Waals surface area contributed by atoms with Gasteiger partial charge in [0.25, 0.3) is 0 Å². The molecule has 1 aromatic heterocycles. The molecule has 0 aliphatic rings. The van der Waals surface area contributed by atoms with Gasteiger partial charge in [0.1, 0.15) is 17.1 Å². The average molecular weight is 339 g/mol. The van der Waals surface area contributed by atoms with Gasteiger partial charge in [-0.1, -0.05) is 13.8 Å². The highest BCUT2D eigenvalue weighted by Crippen LogP contribution is 2.26. The molecule has 24 heavy (non-hydrogen) atoms. The molecule has 0 fully saturated rings. The number of rotatable bonds is 7. The van der Waals surface area contributed by atoms with Crippen LogP contribution in [0.3, 0.4) is 0 Å². The molecule has 0 aliphatic heterocycles. The third-order valence-electron chi connectivity index (χ3n) is 4.46. The van der Waals surface area contributed by atoms with E-state index in [1.54, 1.807) is 13.0 Å². The van der Waals surface area contributed by atoms with Crippen molar-refractivity contribution in [3.05, 3.63) is 23.2 Å². The van der Waals surface area contributed by atoms with E-state index in [1.807, 2.05) is 34.9 Å². The number of carbonyl (C=O) groups is 1. The van der Waals surface area contributed by atoms with E-state index in [-0.39, 0.29) is 24.0 Å². The van der Waals surface area contributed by atoms with Gasteiger partial charge in [-0.15, -0.1) is 0 Å². The molecule has 0 aliphatic carbocycles. The van der Waals surface area contributed by atoms with Gasteiger partial charge in [0.2, 0.25) is 0 Å². The number of amides is 2. The number of carbonyl (C=O) groups excluding carboxylic acids is 1. The molecular weight excluding hydrogens is 306 g/mol. The highest BCUT2D eigenvalue weighted by Gasteiger charge is 2.30. The largest absolute Gasteiger partial charge is 0.466 e. The van der Waals surface area contributed by atoms with Crippen molar-refractivity contribution in [1.29, 1.82) is 0 Å². The highest BCUT2D eigenvalue weighted by molar-refractivity contribution is 5.74. The minimum absolute atomic E-state index is 0.0113. The fraction of sp³-hybridized carbons (Fsp3) is 0.722. The molecule has 0 bridgehead atoms. The summed E-state index contributed by atoms with van der Waals surface area (Å²) in [4.78, 5) is 14.3. The molecular formula is C18H33N3O3. The predicted octanol–water partition coefficient (Wildman–Crippen LogP) is 2.38. The van der Waals surface area contributed by atoms with Gasteiger partial charge in [-0.25, -0.2) is 4.79 Å². The monoisotopic (exact) mass is 339 g/mol. The van der Waals surface area contributed by atoms with Crippen LogP contribution in [0.2, 0.25) is 0 Å². The Labute approximate surface area is 145 Å². The number of nitrogens with zero attached hydrogens (tertiary/aromatic N) is 1. The third kappa shape index (κ3) is 5.53. The second kappa shape index (κ2) is 7.57. The molecule has 2 atom stereocenters. The van der Waals surface area contributed by atoms with Crippen LogP contribution in [-0.4, -0.2) is 49.3 Å². The minimum atomic E-state index is -1.18. The molecule has 3 N–H and O–H groups in total. The summed E-state index contributed by atoms with van der Waals surface area (Å²) in [6, 6.07) is 1.51. The van der Waals surface area contributed by atoms with Crippen molar-refractivity contribution in [3.8, 4) is 0 Å². The number of urea groups is 1. The van der Waals surface area contributed by atoms with Crippen LogP contribution in [0.25, 0.3) is 0 Å². The van der Waals surface area contributed by atoms with E-state index < -0.39 is 5.60 Å². The molecule has 0 radical (unpaired) electrons. The summed E-state index contributed by atoms with van der Waals surface area (Å²) in [5, 5.41) is 16.3. The number of aryl methyl sites for hydroxylation is 2. The molecule has 0 aromatic carbocycles. The number of hydrogen-bond donors (Lipinski definition) is 3. The summed E-state index contributed by atoms with van der Waals surface area (Å²) >= 11 is 0. The zero-order chi connectivity index (χ0) is 18.7. The predicted molar refractivity (Wildman–Crippen MR) is 96.1 cm³/mol. The van der Waals surface area contributed by atoms with Crippen molar-refractivity contribution in [2.45, 2.75) is 53.2 Å². The molecule has 138 valence electrons. The Bertz CT molecular complexity index is 562. The number of furan rings is 1. The second-order valence-corrected chi connectivity index (χ2v) is 7.88. The lowest BCUT2D eigenvalue weighted by molar-refractivity contribution is 0.0574. The maximum Gasteiger partial charge on any atom is 0.315 e. The summed E-state index contributed by atoms with van der Waals surface area (Å²) < 4.78 is 5.46. The van der Waals surface area contributed by atoms with Crippen LogP contribution in [0.1, 0.15) is 44.8 Å². The summed E-state index contributed by atoms with van der Waals surface area (Å²) in [5.41, 5.74) is -0.551. The topological polar surface area (TPSA) is 77.7 Å². The molecule has 0 spiro atoms. The van der Waals surface area contributed by atoms with Crippen LogP contribution in [0.5, 0.6) is 0 Å². The fourth-order valence-corrected chi connectivity index (χ4v) is 2.91. The van der Waals surface area contributed by atoms with Crippen molar-refractivity contribution in [2.24, 2.45) is 5.41 Å². The number of hydrogen-bond acceptors (Lipinski definition) is 4. The van der Waals surface area contributed by atoms with E-state index in [9.17, 15) is 9.90 Å². The first-order chi connectivity index (χ1) is 10.8. The van der Waals surface area contributed by atoms with E-state index >= 15 is 0 Å². The standard InChI is InChI=1S/C18H33N3O3/c1-12-9-15(13(2)24-12)18(6,23)10-19-16(22)20-14(3)17(4,5)11-21(7)8/h9,14,23H,10-11H2,1-8H3,(H2,19,20,22). The van der Waals surface area contributed by atoms with Gasteiger partial charge < -0.3 is 25.1 Å². The summed E-state index contributed by atoms with van der Waals surface area (Å²) in [6.45, 7) is 12.5. The number of aliphatic hydroxyl groups is 1. The first-order valence-corrected chi connectivity index (χ1v) is 8.34. The van der Waals surface area contributed by atoms with E-state index in [1.165, 1.54) is 0 Å². The minimum Gasteiger partial charge on any atom is -0.466 e. The van der Waals surface area contributed by atoms with Crippen LogP contribution in [0.4, 0.5) is 4.79 Å². The molecule has 2 unspecified atom stereocenters. The van der Waals surface area contributed by atoms with Crippen LogP contribution < -0.4 is 10.6 Å². The first-order valence-electron chi connectivity index (χ1n) is 8.34. The molecule has 1 aromatic rings. The smallest absolute Gasteiger partial charge is 0.315 e. The summed E-state index contributed by atoms with van der Waals surface area (Å²) in [6.07, 6.45) is 0. The van der Waals surface area contributed by atoms with E-state index in [0.717, 1.165) is 12.3 Å². The maximum atomic E-state index is 12.2. The van der Waals surface area contributed by atoms with Gasteiger partial charge in [0.15, 0.2) is 0 Å². The molecule has 1 rings (SSSR count). The summed E-state index contributed by atoms with van der Waals surface area (Å²) in [7, 11) is 4.03. The zero-order valence-corrected chi connectivity index (χ0v) is 16.3. The number of nitrogens with one attached hydrogen (secondary N) is 2. The van der Waals surface area contributed by atoms with Gasteiger partial charge in [0, 0.05) is 18.2 Å². The normalized spacial score (nSPS) is 15.9. The lowest BCUT2D eigenvalue weighted by atomic mass is 9.85. The Balaban J connectivity index is 2.61. The van der Waals surface area contributed by atoms with Crippen LogP contribution in [0, 0.1) is 19.3 Å². The van der Waals surface area contributed by atoms with Crippen molar-refractivity contribution in [3.63, 3.8) is 0 Å². The Kier molecular flexibility index (Phi) is 6.47. The van der Waals surface area contributed by atoms with Gasteiger partial charge in [-0.3, -0.25) is 0 Å². The van der Waals surface area contributed by atoms with Gasteiger partial charge >= 0.3 is 6.03 Å². The first kappa shape index (κ1) is 20.5. The average Bonchev–Trinajstić information content (AvgIpc) is 2.75. The zero-order valence-electron chi connectivity index (χ0n) is 16.3. The lowest BCUT2D eigenvalue weighted by Gasteiger charge is -2.35. The Hall–Kier alpha value is -1.53. The summed E-state index contributed by atoms with van der Waals surface area (Å²) in [5.74, 6) is 1.41. The third-order valence-corrected chi connectivity index (χ3v) is 4.46. The Morgan fingerprint density at radius 2 is 1.92 bits per heavy atom. The van der Waals surface area contributed by atoms with Crippen molar-refractivity contribution < 1.29 is 14.3 Å². The molecule has 0 saturated heterocycles. The molecule has 1 heterocycles. The Morgan fingerprint density at radius 3 is 2.38 bits per heavy atom. The van der Waals surface area contributed by atoms with Crippen LogP contribution in [-0.2, 0) is 5.60 Å². The second-order valence-electron chi connectivity index (χ2n) is 7.88. The molecule has 6 nitrogen and oxygen atoms in total. The van der Waals surface area contributed by atoms with Crippen molar-refractivity contribution >= 4 is 6.03 Å². The van der Waals surface area contributed by atoms with E-state index in [2.05, 4.69) is 29.4 Å². The SMILES string of the molecule is Cc1cc(C(C)(O)CNC(=O)NC(C)C(C)(C)CN(C)C)c(C)o1. The van der Waals surface area contributed by atoms with Crippen LogP contribution in [0.15, 0.2) is 10.5 Å². The van der Waals surface area contributed by atoms with Gasteiger partial charge in [-0.05, 0) is 53.3 Å². The van der Waals surface area contributed by atoms with Crippen LogP contribution >= 0.6 is 0 Å².